The summed E-state index contributed by atoms with van der Waals surface area (Å²) in [4.78, 5) is 11.0. The van der Waals surface area contributed by atoms with E-state index >= 15 is 0 Å². The Labute approximate surface area is 172 Å². The van der Waals surface area contributed by atoms with Gasteiger partial charge in [0.2, 0.25) is 5.96 Å². The number of carbonyl (C=O) groups is 1. The standard InChI is InChI=1S/C19H32N4O5S/c1-10-11(2)16(12(3)13-9-19(4,5)28-15(10)13)29(26,27)23-18(21)22-8-6-7-14(20)17(24)25/h12-14H,6-9,20H2,1-5H3,(H,24,25)(H3,21,22,23). The number of carboxylic acids is 1. The molecule has 0 bridgehead atoms. The highest BCUT2D eigenvalue weighted by Gasteiger charge is 2.47. The molecule has 0 spiro atoms. The average Bonchev–Trinajstić information content (AvgIpc) is 2.92. The molecule has 0 aromatic heterocycles. The Morgan fingerprint density at radius 1 is 1.38 bits per heavy atom. The van der Waals surface area contributed by atoms with Crippen LogP contribution < -0.4 is 15.8 Å². The van der Waals surface area contributed by atoms with E-state index < -0.39 is 22.0 Å². The molecule has 10 heteroatoms. The summed E-state index contributed by atoms with van der Waals surface area (Å²) in [6.45, 7) is 9.75. The number of aliphatic carboxylic acids is 1. The second kappa shape index (κ2) is 8.35. The van der Waals surface area contributed by atoms with E-state index in [4.69, 9.17) is 21.0 Å². The number of fused-ring (bicyclic) bond motifs is 1. The summed E-state index contributed by atoms with van der Waals surface area (Å²) in [5, 5.41) is 19.3. The van der Waals surface area contributed by atoms with Gasteiger partial charge in [0.25, 0.3) is 10.0 Å². The molecular weight excluding hydrogens is 396 g/mol. The maximum Gasteiger partial charge on any atom is 0.320 e. The van der Waals surface area contributed by atoms with Crippen molar-refractivity contribution in [3.05, 3.63) is 21.8 Å². The molecule has 1 saturated heterocycles. The van der Waals surface area contributed by atoms with Crippen LogP contribution in [0.3, 0.4) is 0 Å². The summed E-state index contributed by atoms with van der Waals surface area (Å²) in [5.41, 5.74) is 6.57. The Bertz CT molecular complexity index is 860. The monoisotopic (exact) mass is 428 g/mol. The van der Waals surface area contributed by atoms with Crippen LogP contribution in [0.2, 0.25) is 0 Å². The highest BCUT2D eigenvalue weighted by Crippen LogP contribution is 2.50. The van der Waals surface area contributed by atoms with Gasteiger partial charge in [-0.1, -0.05) is 6.92 Å². The summed E-state index contributed by atoms with van der Waals surface area (Å²) in [6.07, 6.45) is 1.36. The molecule has 3 atom stereocenters. The number of hydrogen-bond donors (Lipinski definition) is 5. The molecule has 6 N–H and O–H groups in total. The molecule has 0 radical (unpaired) electrons. The van der Waals surface area contributed by atoms with Crippen LogP contribution in [0.25, 0.3) is 0 Å². The van der Waals surface area contributed by atoms with Gasteiger partial charge in [0.1, 0.15) is 17.4 Å². The second-order valence-corrected chi connectivity index (χ2v) is 10.1. The number of guanidine groups is 1. The van der Waals surface area contributed by atoms with Crippen LogP contribution in [0.1, 0.15) is 53.9 Å². The molecule has 1 aliphatic heterocycles. The Balaban J connectivity index is 2.07. The first-order valence-corrected chi connectivity index (χ1v) is 11.2. The third-order valence-electron chi connectivity index (χ3n) is 5.59. The fraction of sp³-hybridized carbons (Fsp3) is 0.684. The number of hydrogen-bond acceptors (Lipinski definition) is 6. The fourth-order valence-electron chi connectivity index (χ4n) is 4.02. The van der Waals surface area contributed by atoms with Crippen LogP contribution in [0.15, 0.2) is 21.8 Å². The van der Waals surface area contributed by atoms with Gasteiger partial charge in [-0.15, -0.1) is 0 Å². The Kier molecular flexibility index (Phi) is 6.68. The minimum absolute atomic E-state index is 0.0140. The quantitative estimate of drug-likeness (QED) is 0.234. The van der Waals surface area contributed by atoms with E-state index in [1.165, 1.54) is 0 Å². The van der Waals surface area contributed by atoms with Crippen molar-refractivity contribution < 1.29 is 23.1 Å². The molecule has 0 amide bonds. The normalized spacial score (nSPS) is 24.6. The first-order chi connectivity index (χ1) is 13.3. The Morgan fingerprint density at radius 2 is 2.00 bits per heavy atom. The predicted molar refractivity (Wildman–Crippen MR) is 110 cm³/mol. The van der Waals surface area contributed by atoms with E-state index in [2.05, 4.69) is 10.0 Å². The average molecular weight is 429 g/mol. The predicted octanol–water partition coefficient (Wildman–Crippen LogP) is 1.64. The minimum atomic E-state index is -3.92. The minimum Gasteiger partial charge on any atom is -0.492 e. The summed E-state index contributed by atoms with van der Waals surface area (Å²) in [7, 11) is -3.92. The third-order valence-corrected chi connectivity index (χ3v) is 7.32. The highest BCUT2D eigenvalue weighted by molar-refractivity contribution is 7.94. The molecule has 164 valence electrons. The smallest absolute Gasteiger partial charge is 0.320 e. The van der Waals surface area contributed by atoms with Gasteiger partial charge in [-0.3, -0.25) is 10.2 Å². The number of nitrogens with two attached hydrogens (primary N) is 1. The summed E-state index contributed by atoms with van der Waals surface area (Å²) in [5.74, 6) is -0.857. The molecule has 2 rings (SSSR count). The molecule has 0 aromatic rings. The van der Waals surface area contributed by atoms with Crippen LogP contribution in [-0.4, -0.2) is 43.6 Å². The Hall–Kier alpha value is -2.07. The molecule has 1 fully saturated rings. The van der Waals surface area contributed by atoms with Crippen molar-refractivity contribution in [1.82, 2.24) is 10.0 Å². The van der Waals surface area contributed by atoms with E-state index in [0.29, 0.717) is 12.0 Å². The number of nitrogens with one attached hydrogen (secondary N) is 3. The molecule has 0 saturated carbocycles. The van der Waals surface area contributed by atoms with Crippen LogP contribution in [0.4, 0.5) is 0 Å². The molecule has 9 nitrogen and oxygen atoms in total. The van der Waals surface area contributed by atoms with Gasteiger partial charge < -0.3 is 20.9 Å². The van der Waals surface area contributed by atoms with Crippen molar-refractivity contribution in [2.75, 3.05) is 6.54 Å². The van der Waals surface area contributed by atoms with Gasteiger partial charge in [0, 0.05) is 18.4 Å². The molecular formula is C19H32N4O5S. The van der Waals surface area contributed by atoms with E-state index in [1.54, 1.807) is 6.92 Å². The van der Waals surface area contributed by atoms with Crippen molar-refractivity contribution in [3.8, 4) is 0 Å². The van der Waals surface area contributed by atoms with Gasteiger partial charge in [0.15, 0.2) is 0 Å². The summed E-state index contributed by atoms with van der Waals surface area (Å²) in [6, 6.07) is -0.972. The molecule has 29 heavy (non-hydrogen) atoms. The van der Waals surface area contributed by atoms with Gasteiger partial charge in [-0.25, -0.2) is 13.1 Å². The molecule has 2 aliphatic rings. The lowest BCUT2D eigenvalue weighted by atomic mass is 9.79. The lowest BCUT2D eigenvalue weighted by Crippen LogP contribution is -2.43. The van der Waals surface area contributed by atoms with Gasteiger partial charge in [0.05, 0.1) is 4.91 Å². The Morgan fingerprint density at radius 3 is 2.59 bits per heavy atom. The van der Waals surface area contributed by atoms with E-state index in [-0.39, 0.29) is 41.3 Å². The highest BCUT2D eigenvalue weighted by atomic mass is 32.2. The maximum atomic E-state index is 13.0. The summed E-state index contributed by atoms with van der Waals surface area (Å²) < 4.78 is 34.4. The zero-order chi connectivity index (χ0) is 22.1. The van der Waals surface area contributed by atoms with Crippen molar-refractivity contribution in [1.29, 1.82) is 5.41 Å². The van der Waals surface area contributed by atoms with Crippen LogP contribution in [-0.2, 0) is 19.6 Å². The molecule has 3 unspecified atom stereocenters. The number of allylic oxidation sites excluding steroid dienone is 4. The number of carboxylic acid groups (broad SMARTS) is 1. The summed E-state index contributed by atoms with van der Waals surface area (Å²) >= 11 is 0. The fourth-order valence-corrected chi connectivity index (χ4v) is 5.68. The second-order valence-electron chi connectivity index (χ2n) is 8.43. The number of ether oxygens (including phenoxy) is 1. The van der Waals surface area contributed by atoms with Crippen LogP contribution in [0.5, 0.6) is 0 Å². The first-order valence-electron chi connectivity index (χ1n) is 9.71. The van der Waals surface area contributed by atoms with Crippen molar-refractivity contribution >= 4 is 22.0 Å². The van der Waals surface area contributed by atoms with Crippen molar-refractivity contribution in [3.63, 3.8) is 0 Å². The zero-order valence-electron chi connectivity index (χ0n) is 17.6. The lowest BCUT2D eigenvalue weighted by molar-refractivity contribution is -0.138. The van der Waals surface area contributed by atoms with E-state index in [1.807, 2.05) is 27.7 Å². The van der Waals surface area contributed by atoms with Crippen LogP contribution >= 0.6 is 0 Å². The molecule has 1 heterocycles. The van der Waals surface area contributed by atoms with E-state index in [0.717, 1.165) is 17.8 Å². The third kappa shape index (κ3) is 5.11. The maximum absolute atomic E-state index is 13.0. The van der Waals surface area contributed by atoms with Crippen LogP contribution in [0, 0.1) is 17.2 Å². The molecule has 1 aliphatic carbocycles. The van der Waals surface area contributed by atoms with Crippen molar-refractivity contribution in [2.45, 2.75) is 65.5 Å². The zero-order valence-corrected chi connectivity index (χ0v) is 18.4. The molecule has 0 aromatic carbocycles. The van der Waals surface area contributed by atoms with Crippen molar-refractivity contribution in [2.24, 2.45) is 17.6 Å². The first kappa shape index (κ1) is 23.2. The largest absolute Gasteiger partial charge is 0.492 e. The lowest BCUT2D eigenvalue weighted by Gasteiger charge is -2.30. The SMILES string of the molecule is CC1=C2OC(C)(C)CC2C(C)C(S(=O)(=O)NC(=N)NCCCC(N)C(=O)O)=C1C. The number of rotatable bonds is 7. The van der Waals surface area contributed by atoms with Gasteiger partial charge >= 0.3 is 5.97 Å². The number of sulfonamides is 1. The van der Waals surface area contributed by atoms with E-state index in [9.17, 15) is 13.2 Å². The van der Waals surface area contributed by atoms with Gasteiger partial charge in [-0.05, 0) is 58.1 Å². The topological polar surface area (TPSA) is 155 Å². The van der Waals surface area contributed by atoms with Gasteiger partial charge in [-0.2, -0.15) is 0 Å².